The predicted octanol–water partition coefficient (Wildman–Crippen LogP) is 0.150. The highest BCUT2D eigenvalue weighted by Crippen LogP contribution is 2.04. The van der Waals surface area contributed by atoms with E-state index in [1.165, 1.54) is 0 Å². The van der Waals surface area contributed by atoms with Crippen molar-refractivity contribution < 1.29 is 4.79 Å². The molecule has 0 saturated carbocycles. The van der Waals surface area contributed by atoms with E-state index in [2.05, 4.69) is 17.1 Å². The monoisotopic (exact) mass is 213 g/mol. The highest BCUT2D eigenvalue weighted by atomic mass is 16.2. The minimum Gasteiger partial charge on any atom is -0.340 e. The lowest BCUT2D eigenvalue weighted by molar-refractivity contribution is -0.136. The molecule has 1 heterocycles. The first kappa shape index (κ1) is 12.5. The highest BCUT2D eigenvalue weighted by molar-refractivity contribution is 5.78. The summed E-state index contributed by atoms with van der Waals surface area (Å²) in [6.45, 7) is 7.66. The third kappa shape index (κ3) is 4.18. The van der Waals surface area contributed by atoms with Crippen molar-refractivity contribution in [2.45, 2.75) is 19.8 Å². The van der Waals surface area contributed by atoms with Crippen molar-refractivity contribution >= 4 is 5.91 Å². The molecule has 0 aromatic rings. The fourth-order valence-electron chi connectivity index (χ4n) is 1.93. The second kappa shape index (κ2) is 6.80. The fraction of sp³-hybridized carbons (Fsp3) is 0.909. The van der Waals surface area contributed by atoms with Crippen LogP contribution in [0, 0.1) is 0 Å². The average Bonchev–Trinajstić information content (AvgIpc) is 2.23. The predicted molar refractivity (Wildman–Crippen MR) is 61.9 cm³/mol. The van der Waals surface area contributed by atoms with E-state index < -0.39 is 0 Å². The van der Waals surface area contributed by atoms with Gasteiger partial charge in [0.2, 0.25) is 5.91 Å². The molecule has 1 fully saturated rings. The van der Waals surface area contributed by atoms with Gasteiger partial charge in [-0.2, -0.15) is 0 Å². The van der Waals surface area contributed by atoms with E-state index in [4.69, 9.17) is 0 Å². The maximum absolute atomic E-state index is 11.7. The number of hydrogen-bond donors (Lipinski definition) is 1. The molecular weight excluding hydrogens is 190 g/mol. The molecule has 0 radical (unpaired) electrons. The Morgan fingerprint density at radius 1 is 1.33 bits per heavy atom. The van der Waals surface area contributed by atoms with E-state index in [0.717, 1.165) is 45.6 Å². The van der Waals surface area contributed by atoms with Crippen LogP contribution in [0.3, 0.4) is 0 Å². The number of nitrogens with one attached hydrogen (secondary N) is 1. The molecule has 15 heavy (non-hydrogen) atoms. The molecule has 0 unspecified atom stereocenters. The molecule has 4 nitrogen and oxygen atoms in total. The first-order valence-electron chi connectivity index (χ1n) is 5.92. The molecule has 0 atom stereocenters. The van der Waals surface area contributed by atoms with Crippen LogP contribution in [0.15, 0.2) is 0 Å². The fourth-order valence-corrected chi connectivity index (χ4v) is 1.93. The van der Waals surface area contributed by atoms with E-state index in [1.54, 1.807) is 0 Å². The highest BCUT2D eigenvalue weighted by Gasteiger charge is 2.22. The van der Waals surface area contributed by atoms with Crippen molar-refractivity contribution in [1.29, 1.82) is 0 Å². The smallest absolute Gasteiger partial charge is 0.236 e. The lowest BCUT2D eigenvalue weighted by Gasteiger charge is -2.34. The Morgan fingerprint density at radius 2 is 2.13 bits per heavy atom. The van der Waals surface area contributed by atoms with E-state index in [9.17, 15) is 4.79 Å². The molecule has 1 aliphatic heterocycles. The SMILES string of the molecule is CCCN1CCN(CCCNC)CC1=O. The molecular formula is C11H23N3O. The van der Waals surface area contributed by atoms with Gasteiger partial charge < -0.3 is 10.2 Å². The number of amides is 1. The van der Waals surface area contributed by atoms with Gasteiger partial charge in [0.25, 0.3) is 0 Å². The van der Waals surface area contributed by atoms with Gasteiger partial charge in [0.15, 0.2) is 0 Å². The number of rotatable bonds is 6. The topological polar surface area (TPSA) is 35.6 Å². The van der Waals surface area contributed by atoms with Crippen LogP contribution in [0.1, 0.15) is 19.8 Å². The summed E-state index contributed by atoms with van der Waals surface area (Å²) in [5.74, 6) is 0.299. The van der Waals surface area contributed by atoms with Crippen LogP contribution < -0.4 is 5.32 Å². The van der Waals surface area contributed by atoms with Crippen molar-refractivity contribution in [2.75, 3.05) is 46.3 Å². The lowest BCUT2D eigenvalue weighted by atomic mass is 10.2. The zero-order chi connectivity index (χ0) is 11.1. The van der Waals surface area contributed by atoms with Crippen LogP contribution >= 0.6 is 0 Å². The van der Waals surface area contributed by atoms with E-state index >= 15 is 0 Å². The van der Waals surface area contributed by atoms with Gasteiger partial charge in [0.1, 0.15) is 0 Å². The molecule has 0 bridgehead atoms. The largest absolute Gasteiger partial charge is 0.340 e. The summed E-state index contributed by atoms with van der Waals surface area (Å²) in [5.41, 5.74) is 0. The summed E-state index contributed by atoms with van der Waals surface area (Å²) in [5, 5.41) is 3.13. The molecule has 1 saturated heterocycles. The first-order chi connectivity index (χ1) is 7.27. The van der Waals surface area contributed by atoms with Crippen molar-refractivity contribution in [2.24, 2.45) is 0 Å². The van der Waals surface area contributed by atoms with Gasteiger partial charge in [0.05, 0.1) is 6.54 Å². The molecule has 1 rings (SSSR count). The summed E-state index contributed by atoms with van der Waals surface area (Å²) in [6, 6.07) is 0. The molecule has 0 spiro atoms. The van der Waals surface area contributed by atoms with Gasteiger partial charge in [-0.05, 0) is 33.0 Å². The molecule has 1 N–H and O–H groups in total. The summed E-state index contributed by atoms with van der Waals surface area (Å²) in [7, 11) is 1.96. The first-order valence-corrected chi connectivity index (χ1v) is 5.92. The molecule has 0 aromatic heterocycles. The number of carbonyl (C=O) groups is 1. The van der Waals surface area contributed by atoms with Crippen molar-refractivity contribution in [3.8, 4) is 0 Å². The zero-order valence-corrected chi connectivity index (χ0v) is 9.96. The third-order valence-corrected chi connectivity index (χ3v) is 2.79. The van der Waals surface area contributed by atoms with Gasteiger partial charge >= 0.3 is 0 Å². The summed E-state index contributed by atoms with van der Waals surface area (Å²) >= 11 is 0. The summed E-state index contributed by atoms with van der Waals surface area (Å²) in [6.07, 6.45) is 2.18. The minimum atomic E-state index is 0.299. The third-order valence-electron chi connectivity index (χ3n) is 2.79. The average molecular weight is 213 g/mol. The number of piperazine rings is 1. The Balaban J connectivity index is 2.21. The standard InChI is InChI=1S/C11H23N3O/c1-3-6-14-9-8-13(10-11(14)15)7-4-5-12-2/h12H,3-10H2,1-2H3. The van der Waals surface area contributed by atoms with Gasteiger partial charge in [-0.1, -0.05) is 6.92 Å². The molecule has 1 aliphatic rings. The normalized spacial score (nSPS) is 18.5. The lowest BCUT2D eigenvalue weighted by Crippen LogP contribution is -2.50. The Kier molecular flexibility index (Phi) is 5.65. The molecule has 0 aromatic carbocycles. The minimum absolute atomic E-state index is 0.299. The summed E-state index contributed by atoms with van der Waals surface area (Å²) < 4.78 is 0. The maximum atomic E-state index is 11.7. The van der Waals surface area contributed by atoms with Crippen LogP contribution in [0.2, 0.25) is 0 Å². The number of nitrogens with zero attached hydrogens (tertiary/aromatic N) is 2. The molecule has 88 valence electrons. The van der Waals surface area contributed by atoms with Crippen LogP contribution in [0.25, 0.3) is 0 Å². The van der Waals surface area contributed by atoms with Gasteiger partial charge in [-0.3, -0.25) is 9.69 Å². The van der Waals surface area contributed by atoms with E-state index in [-0.39, 0.29) is 0 Å². The Morgan fingerprint density at radius 3 is 2.73 bits per heavy atom. The van der Waals surface area contributed by atoms with E-state index in [0.29, 0.717) is 12.5 Å². The molecule has 4 heteroatoms. The second-order valence-corrected chi connectivity index (χ2v) is 4.11. The van der Waals surface area contributed by atoms with Crippen LogP contribution in [-0.4, -0.2) is 62.0 Å². The van der Waals surface area contributed by atoms with Crippen LogP contribution in [-0.2, 0) is 4.79 Å². The Hall–Kier alpha value is -0.610. The van der Waals surface area contributed by atoms with Crippen molar-refractivity contribution in [3.05, 3.63) is 0 Å². The van der Waals surface area contributed by atoms with Crippen LogP contribution in [0.4, 0.5) is 0 Å². The van der Waals surface area contributed by atoms with Gasteiger partial charge in [0, 0.05) is 19.6 Å². The van der Waals surface area contributed by atoms with Crippen molar-refractivity contribution in [3.63, 3.8) is 0 Å². The number of carbonyl (C=O) groups excluding carboxylic acids is 1. The zero-order valence-electron chi connectivity index (χ0n) is 9.96. The molecule has 1 amide bonds. The Labute approximate surface area is 92.6 Å². The van der Waals surface area contributed by atoms with Gasteiger partial charge in [-0.25, -0.2) is 0 Å². The quantitative estimate of drug-likeness (QED) is 0.638. The van der Waals surface area contributed by atoms with E-state index in [1.807, 2.05) is 11.9 Å². The number of hydrogen-bond acceptors (Lipinski definition) is 3. The second-order valence-electron chi connectivity index (χ2n) is 4.11. The van der Waals surface area contributed by atoms with Crippen LogP contribution in [0.5, 0.6) is 0 Å². The Bertz CT molecular complexity index is 196. The molecule has 0 aliphatic carbocycles. The summed E-state index contributed by atoms with van der Waals surface area (Å²) in [4.78, 5) is 15.9. The van der Waals surface area contributed by atoms with Gasteiger partial charge in [-0.15, -0.1) is 0 Å². The maximum Gasteiger partial charge on any atom is 0.236 e. The van der Waals surface area contributed by atoms with Crippen molar-refractivity contribution in [1.82, 2.24) is 15.1 Å².